The Labute approximate surface area is 141 Å². The maximum atomic E-state index is 12.1. The average molecular weight is 363 g/mol. The molecular weight excluding hydrogens is 350 g/mol. The Balaban J connectivity index is 1.78. The van der Waals surface area contributed by atoms with Crippen molar-refractivity contribution in [2.24, 2.45) is 5.14 Å². The van der Waals surface area contributed by atoms with Gasteiger partial charge in [0.15, 0.2) is 0 Å². The number of hydrogen-bond acceptors (Lipinski definition) is 5. The van der Waals surface area contributed by atoms with Crippen LogP contribution in [-0.4, -0.2) is 18.9 Å². The molecule has 24 heavy (non-hydrogen) atoms. The number of aromatic nitrogens is 1. The molecule has 3 rings (SSSR count). The number of carbonyl (C=O) groups excluding carboxylic acids is 1. The highest BCUT2D eigenvalue weighted by Crippen LogP contribution is 2.17. The molecule has 1 aromatic heterocycles. The largest absolute Gasteiger partial charge is 0.325 e. The van der Waals surface area contributed by atoms with E-state index in [-0.39, 0.29) is 22.2 Å². The summed E-state index contributed by atoms with van der Waals surface area (Å²) >= 11 is 1.08. The van der Waals surface area contributed by atoms with Crippen LogP contribution in [0.25, 0.3) is 10.2 Å². The van der Waals surface area contributed by atoms with Gasteiger partial charge in [0, 0.05) is 5.69 Å². The molecule has 3 aromatic rings. The standard InChI is InChI=1S/C15H13N3O4S2/c16-24(21,22)11-7-5-10(6-8-11)17-14(19)9-18-12-3-1-2-4-13(12)23-15(18)20/h1-8H,9H2,(H,17,19)(H2,16,21,22). The van der Waals surface area contributed by atoms with Gasteiger partial charge in [-0.1, -0.05) is 23.5 Å². The zero-order chi connectivity index (χ0) is 17.3. The van der Waals surface area contributed by atoms with Gasteiger partial charge in [-0.05, 0) is 36.4 Å². The first-order valence-electron chi connectivity index (χ1n) is 6.86. The van der Waals surface area contributed by atoms with Crippen molar-refractivity contribution in [2.45, 2.75) is 11.4 Å². The minimum Gasteiger partial charge on any atom is -0.325 e. The van der Waals surface area contributed by atoms with Gasteiger partial charge in [-0.3, -0.25) is 14.2 Å². The second kappa shape index (κ2) is 6.19. The number of carbonyl (C=O) groups is 1. The SMILES string of the molecule is NS(=O)(=O)c1ccc(NC(=O)Cn2c(=O)sc3ccccc32)cc1. The van der Waals surface area contributed by atoms with Crippen LogP contribution in [0.2, 0.25) is 0 Å². The molecule has 2 aromatic carbocycles. The predicted octanol–water partition coefficient (Wildman–Crippen LogP) is 1.35. The molecule has 7 nitrogen and oxygen atoms in total. The Morgan fingerprint density at radius 2 is 1.79 bits per heavy atom. The van der Waals surface area contributed by atoms with Crippen molar-refractivity contribution >= 4 is 43.2 Å². The summed E-state index contributed by atoms with van der Waals surface area (Å²) in [6, 6.07) is 12.7. The number of rotatable bonds is 4. The van der Waals surface area contributed by atoms with Crippen LogP contribution in [0.15, 0.2) is 58.2 Å². The first-order valence-corrected chi connectivity index (χ1v) is 9.22. The fourth-order valence-electron chi connectivity index (χ4n) is 2.24. The summed E-state index contributed by atoms with van der Waals surface area (Å²) in [4.78, 5) is 23.9. The number of anilines is 1. The quantitative estimate of drug-likeness (QED) is 0.729. The molecule has 1 heterocycles. The van der Waals surface area contributed by atoms with E-state index in [0.717, 1.165) is 16.0 Å². The smallest absolute Gasteiger partial charge is 0.308 e. The fourth-order valence-corrected chi connectivity index (χ4v) is 3.64. The van der Waals surface area contributed by atoms with Crippen molar-refractivity contribution < 1.29 is 13.2 Å². The highest BCUT2D eigenvalue weighted by atomic mass is 32.2. The third kappa shape index (κ3) is 3.37. The summed E-state index contributed by atoms with van der Waals surface area (Å²) in [5, 5.41) is 7.64. The van der Waals surface area contributed by atoms with E-state index in [2.05, 4.69) is 5.32 Å². The molecule has 9 heteroatoms. The zero-order valence-corrected chi connectivity index (χ0v) is 13.9. The van der Waals surface area contributed by atoms with E-state index in [4.69, 9.17) is 5.14 Å². The number of thiazole rings is 1. The van der Waals surface area contributed by atoms with Gasteiger partial charge in [0.05, 0.1) is 15.1 Å². The molecular formula is C15H13N3O4S2. The van der Waals surface area contributed by atoms with E-state index in [9.17, 15) is 18.0 Å². The number of hydrogen-bond donors (Lipinski definition) is 2. The summed E-state index contributed by atoms with van der Waals surface area (Å²) < 4.78 is 24.6. The number of nitrogens with one attached hydrogen (secondary N) is 1. The second-order valence-electron chi connectivity index (χ2n) is 5.04. The van der Waals surface area contributed by atoms with Crippen molar-refractivity contribution in [1.82, 2.24) is 4.57 Å². The van der Waals surface area contributed by atoms with Crippen molar-refractivity contribution in [1.29, 1.82) is 0 Å². The normalized spacial score (nSPS) is 11.5. The molecule has 0 unspecified atom stereocenters. The Kier molecular flexibility index (Phi) is 4.22. The number of sulfonamides is 1. The molecule has 0 aliphatic rings. The van der Waals surface area contributed by atoms with E-state index >= 15 is 0 Å². The van der Waals surface area contributed by atoms with Crippen LogP contribution in [0.3, 0.4) is 0 Å². The number of fused-ring (bicyclic) bond motifs is 1. The average Bonchev–Trinajstić information content (AvgIpc) is 2.83. The molecule has 0 bridgehead atoms. The molecule has 0 saturated heterocycles. The second-order valence-corrected chi connectivity index (χ2v) is 7.59. The lowest BCUT2D eigenvalue weighted by atomic mass is 10.3. The van der Waals surface area contributed by atoms with Crippen LogP contribution >= 0.6 is 11.3 Å². The van der Waals surface area contributed by atoms with Gasteiger partial charge < -0.3 is 5.32 Å². The summed E-state index contributed by atoms with van der Waals surface area (Å²) in [5.41, 5.74) is 1.12. The van der Waals surface area contributed by atoms with Gasteiger partial charge in [0.25, 0.3) is 0 Å². The summed E-state index contributed by atoms with van der Waals surface area (Å²) in [5.74, 6) is -0.385. The van der Waals surface area contributed by atoms with E-state index in [1.54, 1.807) is 12.1 Å². The Bertz CT molecular complexity index is 1070. The predicted molar refractivity (Wildman–Crippen MR) is 92.5 cm³/mol. The van der Waals surface area contributed by atoms with Crippen LogP contribution in [0.4, 0.5) is 5.69 Å². The Hall–Kier alpha value is -2.49. The summed E-state index contributed by atoms with van der Waals surface area (Å²) in [6.45, 7) is -0.125. The van der Waals surface area contributed by atoms with Crippen LogP contribution in [0.1, 0.15) is 0 Å². The fraction of sp³-hybridized carbons (Fsp3) is 0.0667. The lowest BCUT2D eigenvalue weighted by molar-refractivity contribution is -0.116. The monoisotopic (exact) mass is 363 g/mol. The maximum absolute atomic E-state index is 12.1. The molecule has 0 radical (unpaired) electrons. The van der Waals surface area contributed by atoms with Crippen LogP contribution in [-0.2, 0) is 21.4 Å². The molecule has 0 saturated carbocycles. The Morgan fingerprint density at radius 1 is 1.12 bits per heavy atom. The first-order chi connectivity index (χ1) is 11.3. The van der Waals surface area contributed by atoms with E-state index < -0.39 is 10.0 Å². The molecule has 0 fully saturated rings. The van der Waals surface area contributed by atoms with E-state index in [1.165, 1.54) is 28.8 Å². The lowest BCUT2D eigenvalue weighted by Gasteiger charge is -2.07. The lowest BCUT2D eigenvalue weighted by Crippen LogP contribution is -2.24. The summed E-state index contributed by atoms with van der Waals surface area (Å²) in [6.07, 6.45) is 0. The van der Waals surface area contributed by atoms with Crippen LogP contribution in [0.5, 0.6) is 0 Å². The van der Waals surface area contributed by atoms with Gasteiger partial charge in [-0.2, -0.15) is 0 Å². The van der Waals surface area contributed by atoms with E-state index in [0.29, 0.717) is 11.2 Å². The molecule has 0 atom stereocenters. The molecule has 1 amide bonds. The number of benzene rings is 2. The minimum absolute atomic E-state index is 0.0412. The van der Waals surface area contributed by atoms with Crippen LogP contribution in [0, 0.1) is 0 Å². The van der Waals surface area contributed by atoms with Crippen molar-refractivity contribution in [3.8, 4) is 0 Å². The number of para-hydroxylation sites is 1. The molecule has 0 aliphatic heterocycles. The Morgan fingerprint density at radius 3 is 2.46 bits per heavy atom. The zero-order valence-electron chi connectivity index (χ0n) is 12.3. The van der Waals surface area contributed by atoms with Gasteiger partial charge in [0.2, 0.25) is 15.9 Å². The third-order valence-corrected chi connectivity index (χ3v) is 5.23. The van der Waals surface area contributed by atoms with Crippen molar-refractivity contribution in [3.63, 3.8) is 0 Å². The summed E-state index contributed by atoms with van der Waals surface area (Å²) in [7, 11) is -3.78. The topological polar surface area (TPSA) is 111 Å². The molecule has 124 valence electrons. The highest BCUT2D eigenvalue weighted by Gasteiger charge is 2.12. The van der Waals surface area contributed by atoms with Crippen LogP contribution < -0.4 is 15.3 Å². The van der Waals surface area contributed by atoms with Gasteiger partial charge in [-0.25, -0.2) is 13.6 Å². The number of amides is 1. The van der Waals surface area contributed by atoms with Crippen molar-refractivity contribution in [2.75, 3.05) is 5.32 Å². The maximum Gasteiger partial charge on any atom is 0.308 e. The molecule has 0 spiro atoms. The molecule has 3 N–H and O–H groups in total. The highest BCUT2D eigenvalue weighted by molar-refractivity contribution is 7.89. The number of nitrogens with zero attached hydrogens (tertiary/aromatic N) is 1. The number of primary sulfonamides is 1. The number of nitrogens with two attached hydrogens (primary N) is 1. The van der Waals surface area contributed by atoms with Gasteiger partial charge in [0.1, 0.15) is 6.54 Å². The first kappa shape index (κ1) is 16.4. The van der Waals surface area contributed by atoms with Gasteiger partial charge >= 0.3 is 4.87 Å². The third-order valence-electron chi connectivity index (χ3n) is 3.34. The van der Waals surface area contributed by atoms with Crippen molar-refractivity contribution in [3.05, 3.63) is 58.2 Å². The van der Waals surface area contributed by atoms with Gasteiger partial charge in [-0.15, -0.1) is 0 Å². The minimum atomic E-state index is -3.78. The molecule has 0 aliphatic carbocycles. The van der Waals surface area contributed by atoms with E-state index in [1.807, 2.05) is 12.1 Å².